The number of rotatable bonds is 7. The fourth-order valence-electron chi connectivity index (χ4n) is 10.6. The minimum Gasteiger partial charge on any atom is -0.492 e. The molecule has 2 saturated heterocycles. The molecular formula is C35H41NO12. The van der Waals surface area contributed by atoms with E-state index < -0.39 is 100 Å². The van der Waals surface area contributed by atoms with Crippen molar-refractivity contribution in [2.45, 2.75) is 83.1 Å². The predicted octanol–water partition coefficient (Wildman–Crippen LogP) is 1.70. The van der Waals surface area contributed by atoms with E-state index in [4.69, 9.17) is 18.9 Å². The molecule has 5 aliphatic carbocycles. The number of esters is 2. The Labute approximate surface area is 276 Å². The molecule has 2 aliphatic heterocycles. The number of aromatic nitrogens is 1. The van der Waals surface area contributed by atoms with Crippen LogP contribution in [0.1, 0.15) is 78.8 Å². The molecule has 4 bridgehead atoms. The van der Waals surface area contributed by atoms with E-state index in [0.29, 0.717) is 31.2 Å². The summed E-state index contributed by atoms with van der Waals surface area (Å²) in [5, 5.41) is 35.7. The Morgan fingerprint density at radius 1 is 1.10 bits per heavy atom. The molecule has 48 heavy (non-hydrogen) atoms. The lowest BCUT2D eigenvalue weighted by Crippen LogP contribution is -2.85. The topological polar surface area (TPSA) is 188 Å². The summed E-state index contributed by atoms with van der Waals surface area (Å²) in [6.07, 6.45) is 0.0240. The highest BCUT2D eigenvalue weighted by Crippen LogP contribution is 2.76. The number of methoxy groups -OCH3 is 1. The number of aliphatic hydroxyl groups excluding tert-OH is 2. The van der Waals surface area contributed by atoms with E-state index in [1.807, 2.05) is 13.8 Å². The van der Waals surface area contributed by atoms with E-state index >= 15 is 0 Å². The molecule has 4 saturated carbocycles. The Balaban J connectivity index is 1.09. The molecule has 3 N–H and O–H groups in total. The van der Waals surface area contributed by atoms with E-state index in [2.05, 4.69) is 6.58 Å². The first-order chi connectivity index (χ1) is 22.6. The normalized spacial score (nSPS) is 38.9. The third-order valence-electron chi connectivity index (χ3n) is 12.5. The lowest BCUT2D eigenvalue weighted by atomic mass is 9.35. The SMILES string of the molecule is C=C1C(=O)[C@]23[C@H](OC(=O)CCC(=O)OCc4cn(C)c5c4C(=O)C(OC)=CC5=O)[C@H]1CC[C@H]2[C@@]12CO[C@@]3(O)[C@@H](O)[C@@H]1C(C)(C)CC[C@@H]2O. The molecule has 13 nitrogen and oxygen atoms in total. The minimum atomic E-state index is -2.39. The molecule has 13 heteroatoms. The molecule has 1 aromatic heterocycles. The van der Waals surface area contributed by atoms with E-state index in [-0.39, 0.29) is 35.8 Å². The Kier molecular flexibility index (Phi) is 7.31. The molecule has 7 aliphatic rings. The Morgan fingerprint density at radius 3 is 2.52 bits per heavy atom. The molecule has 258 valence electrons. The van der Waals surface area contributed by atoms with Gasteiger partial charge in [-0.15, -0.1) is 0 Å². The standard InChI is InChI=1S/C35H41NO12/c1-16-18-6-7-21-33-15-47-35(44,30(43)28(33)32(2,3)11-10-22(33)38)34(21,29(16)42)31(18)48-24(40)9-8-23(39)46-14-17-13-36(4)26-19(37)12-20(45-5)27(41)25(17)26/h12-13,18,21-22,28,30-31,38,43-44H,1,6-11,14-15H2,2-5H3/t18-,21-,22-,28+,30-,31+,33+,34-,35-/m0/s1. The fourth-order valence-corrected chi connectivity index (χ4v) is 10.6. The summed E-state index contributed by atoms with van der Waals surface area (Å²) < 4.78 is 23.9. The third kappa shape index (κ3) is 3.95. The number of carbonyl (C=O) groups excluding carboxylic acids is 5. The van der Waals surface area contributed by atoms with E-state index in [9.17, 15) is 39.3 Å². The van der Waals surface area contributed by atoms with Gasteiger partial charge in [-0.05, 0) is 42.6 Å². The van der Waals surface area contributed by atoms with Gasteiger partial charge in [-0.2, -0.15) is 0 Å². The number of Topliss-reactive ketones (excluding diaryl/α,β-unsaturated/α-hetero) is 2. The molecule has 8 rings (SSSR count). The zero-order valence-electron chi connectivity index (χ0n) is 27.4. The highest BCUT2D eigenvalue weighted by molar-refractivity contribution is 6.23. The number of carbonyl (C=O) groups is 5. The number of aryl methyl sites for hydroxylation is 1. The molecular weight excluding hydrogens is 626 g/mol. The van der Waals surface area contributed by atoms with Crippen molar-refractivity contribution in [2.24, 2.45) is 41.0 Å². The van der Waals surface area contributed by atoms with Crippen molar-refractivity contribution >= 4 is 29.3 Å². The van der Waals surface area contributed by atoms with Crippen LogP contribution in [0.3, 0.4) is 0 Å². The van der Waals surface area contributed by atoms with Crippen molar-refractivity contribution < 1.29 is 58.2 Å². The van der Waals surface area contributed by atoms with Gasteiger partial charge in [0.15, 0.2) is 11.5 Å². The Morgan fingerprint density at radius 2 is 1.81 bits per heavy atom. The second kappa shape index (κ2) is 10.7. The predicted molar refractivity (Wildman–Crippen MR) is 163 cm³/mol. The van der Waals surface area contributed by atoms with Crippen LogP contribution in [0.5, 0.6) is 0 Å². The quantitative estimate of drug-likeness (QED) is 0.283. The van der Waals surface area contributed by atoms with Crippen LogP contribution in [0, 0.1) is 34.0 Å². The van der Waals surface area contributed by atoms with E-state index in [1.165, 1.54) is 17.9 Å². The van der Waals surface area contributed by atoms with Crippen LogP contribution in [0.25, 0.3) is 0 Å². The lowest BCUT2D eigenvalue weighted by Gasteiger charge is -2.74. The zero-order chi connectivity index (χ0) is 34.7. The molecule has 0 aromatic carbocycles. The van der Waals surface area contributed by atoms with Gasteiger partial charge in [0.05, 0.1) is 38.2 Å². The van der Waals surface area contributed by atoms with Gasteiger partial charge in [0.25, 0.3) is 0 Å². The van der Waals surface area contributed by atoms with Crippen LogP contribution in [0.15, 0.2) is 30.2 Å². The summed E-state index contributed by atoms with van der Waals surface area (Å²) in [5.41, 5.74) is -2.72. The first-order valence-electron chi connectivity index (χ1n) is 16.4. The minimum absolute atomic E-state index is 0.0490. The molecule has 2 spiro atoms. The van der Waals surface area contributed by atoms with Crippen molar-refractivity contribution in [3.8, 4) is 0 Å². The number of aliphatic hydroxyl groups is 3. The van der Waals surface area contributed by atoms with E-state index in [1.54, 1.807) is 7.05 Å². The average Bonchev–Trinajstić information content (AvgIpc) is 3.43. The van der Waals surface area contributed by atoms with Gasteiger partial charge in [0.1, 0.15) is 29.9 Å². The van der Waals surface area contributed by atoms with Crippen LogP contribution in [-0.2, 0) is 47.0 Å². The van der Waals surface area contributed by atoms with Crippen LogP contribution >= 0.6 is 0 Å². The summed E-state index contributed by atoms with van der Waals surface area (Å²) in [4.78, 5) is 65.7. The Hall–Kier alpha value is -3.65. The van der Waals surface area contributed by atoms with Crippen molar-refractivity contribution in [1.82, 2.24) is 4.57 Å². The fraction of sp³-hybridized carbons (Fsp3) is 0.629. The second-order valence-corrected chi connectivity index (χ2v) is 15.0. The number of allylic oxidation sites excluding steroid dienone is 2. The van der Waals surface area contributed by atoms with Crippen LogP contribution < -0.4 is 0 Å². The molecule has 0 unspecified atom stereocenters. The van der Waals surface area contributed by atoms with Gasteiger partial charge in [-0.3, -0.25) is 24.0 Å². The molecule has 6 fully saturated rings. The number of ether oxygens (including phenoxy) is 4. The maximum absolute atomic E-state index is 14.2. The van der Waals surface area contributed by atoms with Gasteiger partial charge in [0, 0.05) is 42.1 Å². The maximum atomic E-state index is 14.2. The number of hydrogen-bond acceptors (Lipinski definition) is 12. The number of hydrogen-bond donors (Lipinski definition) is 3. The number of ketones is 3. The van der Waals surface area contributed by atoms with Gasteiger partial charge in [0.2, 0.25) is 17.4 Å². The molecule has 3 heterocycles. The number of nitrogens with zero attached hydrogens (tertiary/aromatic N) is 1. The first-order valence-corrected chi connectivity index (χ1v) is 16.4. The maximum Gasteiger partial charge on any atom is 0.306 e. The second-order valence-electron chi connectivity index (χ2n) is 15.0. The largest absolute Gasteiger partial charge is 0.492 e. The van der Waals surface area contributed by atoms with Gasteiger partial charge in [-0.25, -0.2) is 0 Å². The molecule has 1 aromatic rings. The highest BCUT2D eigenvalue weighted by atomic mass is 16.7. The molecule has 9 atom stereocenters. The van der Waals surface area contributed by atoms with Crippen molar-refractivity contribution in [3.05, 3.63) is 47.0 Å². The molecule has 0 radical (unpaired) electrons. The van der Waals surface area contributed by atoms with E-state index in [0.717, 1.165) is 6.08 Å². The average molecular weight is 668 g/mol. The summed E-state index contributed by atoms with van der Waals surface area (Å²) >= 11 is 0. The van der Waals surface area contributed by atoms with Crippen molar-refractivity contribution in [1.29, 1.82) is 0 Å². The smallest absolute Gasteiger partial charge is 0.306 e. The summed E-state index contributed by atoms with van der Waals surface area (Å²) in [5.74, 6) is -7.44. The van der Waals surface area contributed by atoms with Gasteiger partial charge in [-0.1, -0.05) is 20.4 Å². The van der Waals surface area contributed by atoms with Crippen molar-refractivity contribution in [2.75, 3.05) is 13.7 Å². The number of fused-ring (bicyclic) bond motifs is 3. The zero-order valence-corrected chi connectivity index (χ0v) is 27.4. The Bertz CT molecular complexity index is 1700. The molecule has 0 amide bonds. The van der Waals surface area contributed by atoms with Gasteiger partial charge >= 0.3 is 11.9 Å². The highest BCUT2D eigenvalue weighted by Gasteiger charge is 2.87. The van der Waals surface area contributed by atoms with Crippen LogP contribution in [-0.4, -0.2) is 87.0 Å². The monoisotopic (exact) mass is 667 g/mol. The third-order valence-corrected chi connectivity index (χ3v) is 12.5. The van der Waals surface area contributed by atoms with Crippen molar-refractivity contribution in [3.63, 3.8) is 0 Å². The summed E-state index contributed by atoms with van der Waals surface area (Å²) in [6, 6.07) is 0. The summed E-state index contributed by atoms with van der Waals surface area (Å²) in [6.45, 7) is 7.60. The lowest BCUT2D eigenvalue weighted by molar-refractivity contribution is -0.458. The van der Waals surface area contributed by atoms with Crippen LogP contribution in [0.2, 0.25) is 0 Å². The van der Waals surface area contributed by atoms with Crippen LogP contribution in [0.4, 0.5) is 0 Å². The summed E-state index contributed by atoms with van der Waals surface area (Å²) in [7, 11) is 2.87. The van der Waals surface area contributed by atoms with Gasteiger partial charge < -0.3 is 38.8 Å². The first kappa shape index (κ1) is 32.9.